The average Bonchev–Trinajstić information content (AvgIpc) is 2.37. The van der Waals surface area contributed by atoms with Gasteiger partial charge in [0.05, 0.1) is 12.2 Å². The van der Waals surface area contributed by atoms with E-state index in [1.54, 1.807) is 0 Å². The maximum atomic E-state index is 12.9. The van der Waals surface area contributed by atoms with Crippen molar-refractivity contribution in [2.24, 2.45) is 0 Å². The van der Waals surface area contributed by atoms with Crippen molar-refractivity contribution in [1.29, 1.82) is 0 Å². The highest BCUT2D eigenvalue weighted by Gasteiger charge is 2.51. The highest BCUT2D eigenvalue weighted by Crippen LogP contribution is 2.37. The van der Waals surface area contributed by atoms with Crippen LogP contribution in [0.5, 0.6) is 5.75 Å². The molecule has 0 unspecified atom stereocenters. The van der Waals surface area contributed by atoms with Gasteiger partial charge in [0.1, 0.15) is 5.75 Å². The topological polar surface area (TPSA) is 46.5 Å². The molecule has 0 atom stereocenters. The number of carbonyl (C=O) groups excluding carboxylic acids is 1. The number of hydrogen-bond acceptors (Lipinski definition) is 3. The van der Waals surface area contributed by atoms with Gasteiger partial charge < -0.3 is 9.84 Å². The minimum absolute atomic E-state index is 0.00530. The number of phenols is 1. The number of halogens is 4. The summed E-state index contributed by atoms with van der Waals surface area (Å²) in [6.07, 6.45) is -1.08. The summed E-state index contributed by atoms with van der Waals surface area (Å²) in [5.41, 5.74) is 0.207. The molecular weight excluding hydrogens is 292 g/mol. The minimum Gasteiger partial charge on any atom is -0.508 e. The molecule has 0 saturated carbocycles. The highest BCUT2D eigenvalue weighted by atomic mass is 19.3. The number of ether oxygens (including phenoxy) is 1. The summed E-state index contributed by atoms with van der Waals surface area (Å²) in [5, 5.41) is 9.04. The molecule has 0 heterocycles. The Bertz CT molecular complexity index is 466. The molecule has 0 spiro atoms. The van der Waals surface area contributed by atoms with Crippen LogP contribution in [-0.4, -0.2) is 29.5 Å². The highest BCUT2D eigenvalue weighted by molar-refractivity contribution is 5.89. The Kier molecular flexibility index (Phi) is 5.57. The fraction of sp³-hybridized carbons (Fsp3) is 0.500. The summed E-state index contributed by atoms with van der Waals surface area (Å²) >= 11 is 0. The van der Waals surface area contributed by atoms with Crippen LogP contribution in [0.3, 0.4) is 0 Å². The minimum atomic E-state index is -4.06. The van der Waals surface area contributed by atoms with E-state index in [0.717, 1.165) is 0 Å². The molecule has 0 aliphatic heterocycles. The maximum absolute atomic E-state index is 12.9. The third-order valence-corrected chi connectivity index (χ3v) is 2.86. The number of rotatable bonds is 7. The molecule has 0 aliphatic rings. The van der Waals surface area contributed by atoms with Crippen LogP contribution in [0.25, 0.3) is 0 Å². The van der Waals surface area contributed by atoms with Gasteiger partial charge in [-0.05, 0) is 37.1 Å². The van der Waals surface area contributed by atoms with Crippen LogP contribution in [0.4, 0.5) is 17.6 Å². The van der Waals surface area contributed by atoms with Gasteiger partial charge in [0.25, 0.3) is 0 Å². The van der Waals surface area contributed by atoms with Crippen LogP contribution in [0.2, 0.25) is 0 Å². The smallest absolute Gasteiger partial charge is 0.338 e. The molecule has 0 amide bonds. The average molecular weight is 308 g/mol. The van der Waals surface area contributed by atoms with Crippen molar-refractivity contribution >= 4 is 5.97 Å². The molecule has 0 aromatic heterocycles. The molecule has 0 fully saturated rings. The Balaban J connectivity index is 2.29. The zero-order valence-electron chi connectivity index (χ0n) is 11.4. The van der Waals surface area contributed by atoms with E-state index in [1.165, 1.54) is 24.3 Å². The van der Waals surface area contributed by atoms with Crippen LogP contribution in [0.15, 0.2) is 24.3 Å². The molecular formula is C14H16F4O3. The second kappa shape index (κ2) is 6.78. The van der Waals surface area contributed by atoms with Crippen LogP contribution >= 0.6 is 0 Å². The Hall–Kier alpha value is -1.79. The van der Waals surface area contributed by atoms with E-state index in [4.69, 9.17) is 9.84 Å². The number of phenolic OH excluding ortho intramolecular Hbond substituents is 1. The van der Waals surface area contributed by atoms with Crippen molar-refractivity contribution in [3.8, 4) is 5.75 Å². The summed E-state index contributed by atoms with van der Waals surface area (Å²) < 4.78 is 55.8. The number of esters is 1. The monoisotopic (exact) mass is 308 g/mol. The van der Waals surface area contributed by atoms with Gasteiger partial charge >= 0.3 is 17.8 Å². The zero-order chi connectivity index (χ0) is 16.1. The molecule has 0 radical (unpaired) electrons. The van der Waals surface area contributed by atoms with Crippen molar-refractivity contribution in [2.75, 3.05) is 6.61 Å². The molecule has 7 heteroatoms. The summed E-state index contributed by atoms with van der Waals surface area (Å²) in [6, 6.07) is 5.31. The van der Waals surface area contributed by atoms with E-state index in [-0.39, 0.29) is 37.7 Å². The molecule has 0 saturated heterocycles. The number of unbranched alkanes of at least 4 members (excludes halogenated alkanes) is 1. The van der Waals surface area contributed by atoms with Crippen molar-refractivity contribution in [3.05, 3.63) is 29.8 Å². The lowest BCUT2D eigenvalue weighted by molar-refractivity contribution is -0.201. The lowest BCUT2D eigenvalue weighted by Crippen LogP contribution is -2.37. The van der Waals surface area contributed by atoms with Crippen molar-refractivity contribution in [2.45, 2.75) is 38.0 Å². The van der Waals surface area contributed by atoms with Crippen molar-refractivity contribution in [3.63, 3.8) is 0 Å². The summed E-state index contributed by atoms with van der Waals surface area (Å²) in [6.45, 7) is 0.0446. The number of benzene rings is 1. The third-order valence-electron chi connectivity index (χ3n) is 2.86. The predicted octanol–water partition coefficient (Wildman–Crippen LogP) is 4.01. The van der Waals surface area contributed by atoms with Gasteiger partial charge in [-0.2, -0.15) is 8.78 Å². The summed E-state index contributed by atoms with van der Waals surface area (Å²) in [4.78, 5) is 11.5. The van der Waals surface area contributed by atoms with Gasteiger partial charge in [-0.1, -0.05) is 0 Å². The number of carbonyl (C=O) groups is 1. The number of aromatic hydroxyl groups is 1. The normalized spacial score (nSPS) is 12.2. The Labute approximate surface area is 119 Å². The fourth-order valence-corrected chi connectivity index (χ4v) is 1.51. The third kappa shape index (κ3) is 5.24. The number of alkyl halides is 4. The first-order chi connectivity index (χ1) is 9.63. The first kappa shape index (κ1) is 17.3. The van der Waals surface area contributed by atoms with Crippen LogP contribution in [-0.2, 0) is 4.74 Å². The molecule has 0 bridgehead atoms. The zero-order valence-corrected chi connectivity index (χ0v) is 11.4. The van der Waals surface area contributed by atoms with Crippen molar-refractivity contribution < 1.29 is 32.2 Å². The van der Waals surface area contributed by atoms with Gasteiger partial charge in [-0.15, -0.1) is 0 Å². The van der Waals surface area contributed by atoms with Crippen molar-refractivity contribution in [1.82, 2.24) is 0 Å². The van der Waals surface area contributed by atoms with Gasteiger partial charge in [0.15, 0.2) is 0 Å². The summed E-state index contributed by atoms with van der Waals surface area (Å²) in [5.74, 6) is -8.79. The maximum Gasteiger partial charge on any atom is 0.338 e. The Morgan fingerprint density at radius 2 is 1.71 bits per heavy atom. The molecule has 1 rings (SSSR count). The van der Waals surface area contributed by atoms with Crippen LogP contribution in [0, 0.1) is 0 Å². The Morgan fingerprint density at radius 3 is 2.24 bits per heavy atom. The molecule has 0 aliphatic carbocycles. The van der Waals surface area contributed by atoms with E-state index in [2.05, 4.69) is 0 Å². The molecule has 118 valence electrons. The molecule has 21 heavy (non-hydrogen) atoms. The van der Waals surface area contributed by atoms with Gasteiger partial charge in [-0.3, -0.25) is 0 Å². The lowest BCUT2D eigenvalue weighted by Gasteiger charge is -2.22. The first-order valence-electron chi connectivity index (χ1n) is 6.35. The molecule has 1 N–H and O–H groups in total. The quantitative estimate of drug-likeness (QED) is 0.470. The van der Waals surface area contributed by atoms with Gasteiger partial charge in [0, 0.05) is 13.3 Å². The van der Waals surface area contributed by atoms with Crippen LogP contribution in [0.1, 0.15) is 36.5 Å². The Morgan fingerprint density at radius 1 is 1.14 bits per heavy atom. The summed E-state index contributed by atoms with van der Waals surface area (Å²) in [7, 11) is 0. The van der Waals surface area contributed by atoms with E-state index < -0.39 is 24.2 Å². The molecule has 1 aromatic rings. The standard InChI is InChI=1S/C14H16F4O3/c1-13(15,16)14(17,18)8-2-3-9-21-12(20)10-4-6-11(19)7-5-10/h4-7,19H,2-3,8-9H2,1H3. The van der Waals surface area contributed by atoms with E-state index in [9.17, 15) is 22.4 Å². The van der Waals surface area contributed by atoms with Gasteiger partial charge in [0.2, 0.25) is 0 Å². The lowest BCUT2D eigenvalue weighted by atomic mass is 10.1. The van der Waals surface area contributed by atoms with E-state index in [1.807, 2.05) is 0 Å². The SMILES string of the molecule is CC(F)(F)C(F)(F)CCCCOC(=O)c1ccc(O)cc1. The van der Waals surface area contributed by atoms with E-state index in [0.29, 0.717) is 0 Å². The second-order valence-electron chi connectivity index (χ2n) is 4.73. The van der Waals surface area contributed by atoms with Gasteiger partial charge in [-0.25, -0.2) is 13.6 Å². The molecule has 1 aromatic carbocycles. The van der Waals surface area contributed by atoms with Crippen LogP contribution < -0.4 is 0 Å². The largest absolute Gasteiger partial charge is 0.508 e. The predicted molar refractivity (Wildman–Crippen MR) is 67.8 cm³/mol. The molecule has 3 nitrogen and oxygen atoms in total. The van der Waals surface area contributed by atoms with E-state index >= 15 is 0 Å². The fourth-order valence-electron chi connectivity index (χ4n) is 1.51. The first-order valence-corrected chi connectivity index (χ1v) is 6.35. The second-order valence-corrected chi connectivity index (χ2v) is 4.73. The number of hydrogen-bond donors (Lipinski definition) is 1.